The summed E-state index contributed by atoms with van der Waals surface area (Å²) in [5, 5.41) is 8.91. The highest BCUT2D eigenvalue weighted by Crippen LogP contribution is 2.41. The van der Waals surface area contributed by atoms with E-state index in [4.69, 9.17) is 4.52 Å². The maximum atomic E-state index is 12.7. The molecule has 1 aliphatic carbocycles. The van der Waals surface area contributed by atoms with Crippen LogP contribution in [0.4, 0.5) is 0 Å². The van der Waals surface area contributed by atoms with E-state index < -0.39 is 0 Å². The number of nitrogens with zero attached hydrogens (tertiary/aromatic N) is 4. The molecular weight excluding hydrogens is 388 g/mol. The van der Waals surface area contributed by atoms with Gasteiger partial charge in [-0.25, -0.2) is 0 Å². The van der Waals surface area contributed by atoms with Gasteiger partial charge in [-0.05, 0) is 69.8 Å². The second kappa shape index (κ2) is 8.79. The minimum atomic E-state index is 0.271. The summed E-state index contributed by atoms with van der Waals surface area (Å²) in [4.78, 5) is 14.8. The Morgan fingerprint density at radius 2 is 1.94 bits per heavy atom. The molecule has 0 bridgehead atoms. The molecule has 170 valence electrons. The topological polar surface area (TPSA) is 64.2 Å². The maximum absolute atomic E-state index is 12.7. The summed E-state index contributed by atoms with van der Waals surface area (Å²) in [7, 11) is 0. The zero-order chi connectivity index (χ0) is 22.2. The number of aryl methyl sites for hydroxylation is 4. The van der Waals surface area contributed by atoms with E-state index >= 15 is 0 Å². The van der Waals surface area contributed by atoms with Crippen LogP contribution in [0.15, 0.2) is 10.6 Å². The largest absolute Gasteiger partial charge is 0.361 e. The summed E-state index contributed by atoms with van der Waals surface area (Å²) in [6.45, 7) is 13.6. The van der Waals surface area contributed by atoms with E-state index in [1.165, 1.54) is 17.7 Å². The highest BCUT2D eigenvalue weighted by Gasteiger charge is 2.35. The van der Waals surface area contributed by atoms with Crippen molar-refractivity contribution in [1.82, 2.24) is 19.8 Å². The first-order chi connectivity index (χ1) is 14.7. The summed E-state index contributed by atoms with van der Waals surface area (Å²) >= 11 is 0. The molecule has 0 saturated carbocycles. The Labute approximate surface area is 186 Å². The van der Waals surface area contributed by atoms with Gasteiger partial charge in [-0.1, -0.05) is 25.9 Å². The van der Waals surface area contributed by atoms with Crippen molar-refractivity contribution >= 4 is 5.91 Å². The molecule has 2 aliphatic rings. The van der Waals surface area contributed by atoms with E-state index in [1.54, 1.807) is 0 Å². The van der Waals surface area contributed by atoms with Gasteiger partial charge in [0, 0.05) is 43.2 Å². The smallest absolute Gasteiger partial charge is 0.222 e. The van der Waals surface area contributed by atoms with Crippen molar-refractivity contribution < 1.29 is 9.32 Å². The van der Waals surface area contributed by atoms with Crippen molar-refractivity contribution in [1.29, 1.82) is 0 Å². The van der Waals surface area contributed by atoms with E-state index in [2.05, 4.69) is 44.0 Å². The van der Waals surface area contributed by atoms with E-state index in [0.29, 0.717) is 23.7 Å². The molecule has 1 aliphatic heterocycles. The number of piperidine rings is 1. The first-order valence-corrected chi connectivity index (χ1v) is 12.0. The Kier molecular flexibility index (Phi) is 6.27. The number of fused-ring (bicyclic) bond motifs is 1. The molecular formula is C25H38N4O2. The van der Waals surface area contributed by atoms with Crippen molar-refractivity contribution in [2.45, 2.75) is 92.0 Å². The zero-order valence-corrected chi connectivity index (χ0v) is 19.9. The molecule has 4 rings (SSSR count). The molecule has 31 heavy (non-hydrogen) atoms. The van der Waals surface area contributed by atoms with Crippen molar-refractivity contribution in [3.05, 3.63) is 34.5 Å². The second-order valence-electron chi connectivity index (χ2n) is 10.7. The molecule has 0 spiro atoms. The van der Waals surface area contributed by atoms with Crippen molar-refractivity contribution in [3.63, 3.8) is 0 Å². The van der Waals surface area contributed by atoms with Crippen LogP contribution in [-0.2, 0) is 24.2 Å². The number of aromatic nitrogens is 3. The summed E-state index contributed by atoms with van der Waals surface area (Å²) in [6.07, 6.45) is 6.71. The molecule has 1 saturated heterocycles. The van der Waals surface area contributed by atoms with Crippen LogP contribution >= 0.6 is 0 Å². The van der Waals surface area contributed by atoms with Crippen LogP contribution in [0.2, 0.25) is 0 Å². The van der Waals surface area contributed by atoms with Crippen LogP contribution in [0.1, 0.15) is 87.2 Å². The predicted octanol–water partition coefficient (Wildman–Crippen LogP) is 4.83. The SMILES string of the molecule is Cc1cc(C)n(CCCC(=O)N2CCC(c3onc4c3C[C@@H](C(C)(C)C)CC4)CC2)n1. The van der Waals surface area contributed by atoms with Gasteiger partial charge in [-0.15, -0.1) is 0 Å². The van der Waals surface area contributed by atoms with Crippen LogP contribution in [0, 0.1) is 25.2 Å². The number of amides is 1. The fourth-order valence-electron chi connectivity index (χ4n) is 5.32. The quantitative estimate of drug-likeness (QED) is 0.687. The van der Waals surface area contributed by atoms with Gasteiger partial charge in [0.2, 0.25) is 5.91 Å². The Morgan fingerprint density at radius 1 is 1.19 bits per heavy atom. The molecule has 1 atom stereocenters. The van der Waals surface area contributed by atoms with Gasteiger partial charge in [0.1, 0.15) is 5.76 Å². The number of hydrogen-bond acceptors (Lipinski definition) is 4. The first kappa shape index (κ1) is 22.1. The fraction of sp³-hybridized carbons (Fsp3) is 0.720. The third-order valence-corrected chi connectivity index (χ3v) is 7.39. The van der Waals surface area contributed by atoms with Gasteiger partial charge in [-0.3, -0.25) is 9.48 Å². The number of carbonyl (C=O) groups is 1. The monoisotopic (exact) mass is 426 g/mol. The fourth-order valence-corrected chi connectivity index (χ4v) is 5.32. The van der Waals surface area contributed by atoms with Crippen molar-refractivity contribution in [2.75, 3.05) is 13.1 Å². The zero-order valence-electron chi connectivity index (χ0n) is 19.9. The van der Waals surface area contributed by atoms with Crippen LogP contribution in [0.3, 0.4) is 0 Å². The number of carbonyl (C=O) groups excluding carboxylic acids is 1. The molecule has 3 heterocycles. The predicted molar refractivity (Wildman–Crippen MR) is 121 cm³/mol. The van der Waals surface area contributed by atoms with Crippen molar-refractivity contribution in [3.8, 4) is 0 Å². The molecule has 0 unspecified atom stereocenters. The van der Waals surface area contributed by atoms with Gasteiger partial charge in [0.05, 0.1) is 11.4 Å². The van der Waals surface area contributed by atoms with Crippen LogP contribution in [0.25, 0.3) is 0 Å². The Morgan fingerprint density at radius 3 is 2.58 bits per heavy atom. The summed E-state index contributed by atoms with van der Waals surface area (Å²) in [6, 6.07) is 2.08. The van der Waals surface area contributed by atoms with Gasteiger partial charge in [-0.2, -0.15) is 5.10 Å². The van der Waals surface area contributed by atoms with Gasteiger partial charge >= 0.3 is 0 Å². The maximum Gasteiger partial charge on any atom is 0.222 e. The lowest BCUT2D eigenvalue weighted by Crippen LogP contribution is -2.38. The number of rotatable bonds is 5. The lowest BCUT2D eigenvalue weighted by molar-refractivity contribution is -0.132. The molecule has 6 nitrogen and oxygen atoms in total. The minimum absolute atomic E-state index is 0.271. The van der Waals surface area contributed by atoms with Gasteiger partial charge in [0.25, 0.3) is 0 Å². The Balaban J connectivity index is 1.29. The van der Waals surface area contributed by atoms with Gasteiger partial charge in [0.15, 0.2) is 0 Å². The van der Waals surface area contributed by atoms with E-state index in [0.717, 1.165) is 68.9 Å². The lowest BCUT2D eigenvalue weighted by atomic mass is 9.71. The Hall–Kier alpha value is -2.11. The van der Waals surface area contributed by atoms with Gasteiger partial charge < -0.3 is 9.42 Å². The van der Waals surface area contributed by atoms with E-state index in [1.807, 2.05) is 16.5 Å². The first-order valence-electron chi connectivity index (χ1n) is 12.0. The third kappa shape index (κ3) is 4.88. The number of hydrogen-bond donors (Lipinski definition) is 0. The van der Waals surface area contributed by atoms with Crippen molar-refractivity contribution in [2.24, 2.45) is 11.3 Å². The molecule has 2 aromatic heterocycles. The Bertz CT molecular complexity index is 913. The summed E-state index contributed by atoms with van der Waals surface area (Å²) in [5.74, 6) is 2.46. The molecule has 1 amide bonds. The summed E-state index contributed by atoms with van der Waals surface area (Å²) in [5.41, 5.74) is 5.07. The minimum Gasteiger partial charge on any atom is -0.361 e. The van der Waals surface area contributed by atoms with E-state index in [-0.39, 0.29) is 5.91 Å². The number of likely N-dealkylation sites (tertiary alicyclic amines) is 1. The average molecular weight is 427 g/mol. The van der Waals surface area contributed by atoms with Crippen LogP contribution in [-0.4, -0.2) is 38.8 Å². The lowest BCUT2D eigenvalue weighted by Gasteiger charge is -2.35. The normalized spacial score (nSPS) is 20.2. The third-order valence-electron chi connectivity index (χ3n) is 7.39. The molecule has 0 aromatic carbocycles. The summed E-state index contributed by atoms with van der Waals surface area (Å²) < 4.78 is 7.88. The molecule has 6 heteroatoms. The second-order valence-corrected chi connectivity index (χ2v) is 10.7. The average Bonchev–Trinajstić information content (AvgIpc) is 3.29. The standard InChI is InChI=1S/C25H38N4O2/c1-17-15-18(2)29(26-17)12-6-7-23(30)28-13-10-19(11-14-28)24-21-16-20(25(3,4)5)8-9-22(21)27-31-24/h15,19-20H,6-14,16H2,1-5H3/t20-/m0/s1. The molecule has 0 N–H and O–H groups in total. The highest BCUT2D eigenvalue weighted by atomic mass is 16.5. The van der Waals surface area contributed by atoms with E-state index in [9.17, 15) is 4.79 Å². The molecule has 2 aromatic rings. The molecule has 0 radical (unpaired) electrons. The molecule has 1 fully saturated rings. The highest BCUT2D eigenvalue weighted by molar-refractivity contribution is 5.76. The van der Waals surface area contributed by atoms with Crippen LogP contribution in [0.5, 0.6) is 0 Å². The van der Waals surface area contributed by atoms with Crippen LogP contribution < -0.4 is 0 Å².